The van der Waals surface area contributed by atoms with Crippen molar-refractivity contribution in [3.63, 3.8) is 0 Å². The van der Waals surface area contributed by atoms with E-state index in [1.807, 2.05) is 31.3 Å². The van der Waals surface area contributed by atoms with Crippen LogP contribution in [0.3, 0.4) is 0 Å². The summed E-state index contributed by atoms with van der Waals surface area (Å²) in [6.45, 7) is 3.71. The van der Waals surface area contributed by atoms with E-state index in [-0.39, 0.29) is 18.6 Å². The predicted octanol–water partition coefficient (Wildman–Crippen LogP) is 0.752. The van der Waals surface area contributed by atoms with Gasteiger partial charge >= 0.3 is 0 Å². The lowest BCUT2D eigenvalue weighted by Crippen LogP contribution is -2.36. The predicted molar refractivity (Wildman–Crippen MR) is 95.7 cm³/mol. The van der Waals surface area contributed by atoms with Crippen LogP contribution in [0.15, 0.2) is 29.3 Å². The molecule has 0 aromatic heterocycles. The highest BCUT2D eigenvalue weighted by Crippen LogP contribution is 2.18. The lowest BCUT2D eigenvalue weighted by molar-refractivity contribution is -0.123. The topological polar surface area (TPSA) is 75.2 Å². The third-order valence-electron chi connectivity index (χ3n) is 4.38. The molecule has 1 aromatic carbocycles. The van der Waals surface area contributed by atoms with E-state index in [0.717, 1.165) is 44.1 Å². The number of carbonyl (C=O) groups excluding carboxylic acids is 1. The largest absolute Gasteiger partial charge is 0.483 e. The fraction of sp³-hybridized carbons (Fsp3) is 0.556. The number of nitrogens with one attached hydrogen (secondary N) is 2. The van der Waals surface area contributed by atoms with Crippen LogP contribution in [0.5, 0.6) is 5.75 Å². The SMILES string of the molecule is CN1CCN=C1NCc1ccccc1OCC(=O)NCC1CCCO1. The molecule has 0 bridgehead atoms. The lowest BCUT2D eigenvalue weighted by Gasteiger charge is -2.17. The van der Waals surface area contributed by atoms with E-state index < -0.39 is 0 Å². The molecule has 1 amide bonds. The molecule has 1 saturated heterocycles. The van der Waals surface area contributed by atoms with Gasteiger partial charge in [0.05, 0.1) is 12.6 Å². The van der Waals surface area contributed by atoms with Crippen molar-refractivity contribution >= 4 is 11.9 Å². The molecule has 0 radical (unpaired) electrons. The molecule has 1 fully saturated rings. The lowest BCUT2D eigenvalue weighted by atomic mass is 10.2. The fourth-order valence-corrected chi connectivity index (χ4v) is 2.92. The molecule has 1 aromatic rings. The van der Waals surface area contributed by atoms with Crippen LogP contribution < -0.4 is 15.4 Å². The van der Waals surface area contributed by atoms with Gasteiger partial charge in [0.25, 0.3) is 5.91 Å². The standard InChI is InChI=1S/C18H26N4O3/c1-22-9-8-19-18(22)21-11-14-5-2-3-7-16(14)25-13-17(23)20-12-15-6-4-10-24-15/h2-3,5,7,15H,4,6,8-13H2,1H3,(H,19,21)(H,20,23). The van der Waals surface area contributed by atoms with E-state index in [1.54, 1.807) is 0 Å². The minimum Gasteiger partial charge on any atom is -0.483 e. The van der Waals surface area contributed by atoms with Gasteiger partial charge in [0.2, 0.25) is 0 Å². The number of guanidine groups is 1. The minimum absolute atomic E-state index is 0.00455. The van der Waals surface area contributed by atoms with Crippen molar-refractivity contribution in [3.8, 4) is 5.75 Å². The van der Waals surface area contributed by atoms with Crippen LogP contribution in [0.2, 0.25) is 0 Å². The van der Waals surface area contributed by atoms with Gasteiger partial charge in [0, 0.05) is 38.9 Å². The van der Waals surface area contributed by atoms with E-state index >= 15 is 0 Å². The summed E-state index contributed by atoms with van der Waals surface area (Å²) in [5, 5.41) is 6.18. The van der Waals surface area contributed by atoms with Crippen molar-refractivity contribution in [1.82, 2.24) is 15.5 Å². The zero-order valence-electron chi connectivity index (χ0n) is 14.7. The Hall–Kier alpha value is -2.28. The van der Waals surface area contributed by atoms with Gasteiger partial charge in [-0.15, -0.1) is 0 Å². The van der Waals surface area contributed by atoms with Gasteiger partial charge in [-0.1, -0.05) is 18.2 Å². The van der Waals surface area contributed by atoms with Gasteiger partial charge in [0.15, 0.2) is 12.6 Å². The summed E-state index contributed by atoms with van der Waals surface area (Å²) >= 11 is 0. The number of hydrogen-bond donors (Lipinski definition) is 2. The summed E-state index contributed by atoms with van der Waals surface area (Å²) in [6, 6.07) is 7.73. The quantitative estimate of drug-likeness (QED) is 0.762. The molecule has 0 spiro atoms. The van der Waals surface area contributed by atoms with Crippen LogP contribution in [0.4, 0.5) is 0 Å². The van der Waals surface area contributed by atoms with Crippen molar-refractivity contribution in [2.45, 2.75) is 25.5 Å². The molecule has 2 heterocycles. The Kier molecular flexibility index (Phi) is 6.11. The zero-order valence-corrected chi connectivity index (χ0v) is 14.7. The maximum absolute atomic E-state index is 12.0. The van der Waals surface area contributed by atoms with Gasteiger partial charge < -0.3 is 25.0 Å². The zero-order chi connectivity index (χ0) is 17.5. The summed E-state index contributed by atoms with van der Waals surface area (Å²) in [6.07, 6.45) is 2.22. The van der Waals surface area contributed by atoms with Gasteiger partial charge in [-0.25, -0.2) is 0 Å². The molecular weight excluding hydrogens is 320 g/mol. The Labute approximate surface area is 148 Å². The van der Waals surface area contributed by atoms with E-state index in [4.69, 9.17) is 9.47 Å². The monoisotopic (exact) mass is 346 g/mol. The van der Waals surface area contributed by atoms with Crippen LogP contribution in [0, 0.1) is 0 Å². The number of rotatable bonds is 7. The highest BCUT2D eigenvalue weighted by molar-refractivity contribution is 5.81. The molecule has 25 heavy (non-hydrogen) atoms. The van der Waals surface area contributed by atoms with E-state index in [2.05, 4.69) is 20.5 Å². The number of likely N-dealkylation sites (N-methyl/N-ethyl adjacent to an activating group) is 1. The van der Waals surface area contributed by atoms with Crippen molar-refractivity contribution in [1.29, 1.82) is 0 Å². The normalized spacial score (nSPS) is 19.6. The molecule has 0 aliphatic carbocycles. The molecule has 0 saturated carbocycles. The van der Waals surface area contributed by atoms with E-state index in [9.17, 15) is 4.79 Å². The second-order valence-corrected chi connectivity index (χ2v) is 6.32. The third kappa shape index (κ3) is 5.09. The van der Waals surface area contributed by atoms with Crippen molar-refractivity contribution < 1.29 is 14.3 Å². The van der Waals surface area contributed by atoms with Crippen LogP contribution in [0.1, 0.15) is 18.4 Å². The second kappa shape index (κ2) is 8.71. The first kappa shape index (κ1) is 17.5. The Balaban J connectivity index is 1.46. The van der Waals surface area contributed by atoms with Crippen LogP contribution >= 0.6 is 0 Å². The summed E-state index contributed by atoms with van der Waals surface area (Å²) in [5.74, 6) is 1.48. The summed E-state index contributed by atoms with van der Waals surface area (Å²) in [5.41, 5.74) is 0.998. The number of ether oxygens (including phenoxy) is 2. The fourth-order valence-electron chi connectivity index (χ4n) is 2.92. The molecule has 7 nitrogen and oxygen atoms in total. The Bertz CT molecular complexity index is 614. The smallest absolute Gasteiger partial charge is 0.258 e. The van der Waals surface area contributed by atoms with Crippen LogP contribution in [-0.4, -0.2) is 62.8 Å². The third-order valence-corrected chi connectivity index (χ3v) is 4.38. The first-order valence-electron chi connectivity index (χ1n) is 8.81. The van der Waals surface area contributed by atoms with Gasteiger partial charge in [-0.2, -0.15) is 0 Å². The van der Waals surface area contributed by atoms with E-state index in [1.165, 1.54) is 0 Å². The molecule has 1 atom stereocenters. The molecule has 7 heteroatoms. The maximum Gasteiger partial charge on any atom is 0.258 e. The average Bonchev–Trinajstić information content (AvgIpc) is 3.28. The Morgan fingerprint density at radius 3 is 3.08 bits per heavy atom. The summed E-state index contributed by atoms with van der Waals surface area (Å²) < 4.78 is 11.2. The number of hydrogen-bond acceptors (Lipinski definition) is 6. The van der Waals surface area contributed by atoms with Crippen molar-refractivity contribution in [3.05, 3.63) is 29.8 Å². The van der Waals surface area contributed by atoms with Gasteiger partial charge in [-0.3, -0.25) is 9.79 Å². The van der Waals surface area contributed by atoms with Crippen LogP contribution in [0.25, 0.3) is 0 Å². The van der Waals surface area contributed by atoms with E-state index in [0.29, 0.717) is 18.8 Å². The first-order chi connectivity index (χ1) is 12.2. The molecule has 2 aliphatic heterocycles. The number of carbonyl (C=O) groups is 1. The molecule has 3 rings (SSSR count). The molecule has 2 N–H and O–H groups in total. The highest BCUT2D eigenvalue weighted by atomic mass is 16.5. The van der Waals surface area contributed by atoms with Crippen LogP contribution in [-0.2, 0) is 16.1 Å². The maximum atomic E-state index is 12.0. The number of nitrogens with zero attached hydrogens (tertiary/aromatic N) is 2. The Morgan fingerprint density at radius 1 is 1.44 bits per heavy atom. The molecule has 2 aliphatic rings. The van der Waals surface area contributed by atoms with Gasteiger partial charge in [0.1, 0.15) is 5.75 Å². The highest BCUT2D eigenvalue weighted by Gasteiger charge is 2.17. The van der Waals surface area contributed by atoms with Gasteiger partial charge in [-0.05, 0) is 18.9 Å². The first-order valence-corrected chi connectivity index (χ1v) is 8.81. The van der Waals surface area contributed by atoms with Crippen molar-refractivity contribution in [2.24, 2.45) is 4.99 Å². The number of aliphatic imine (C=N–C) groups is 1. The number of benzene rings is 1. The summed E-state index contributed by atoms with van der Waals surface area (Å²) in [7, 11) is 2.01. The molecule has 136 valence electrons. The Morgan fingerprint density at radius 2 is 2.32 bits per heavy atom. The average molecular weight is 346 g/mol. The molecule has 1 unspecified atom stereocenters. The molecular formula is C18H26N4O3. The number of amides is 1. The number of para-hydroxylation sites is 1. The van der Waals surface area contributed by atoms with Crippen molar-refractivity contribution in [2.75, 3.05) is 39.9 Å². The minimum atomic E-state index is -0.127. The summed E-state index contributed by atoms with van der Waals surface area (Å²) in [4.78, 5) is 18.5. The second-order valence-electron chi connectivity index (χ2n) is 6.32.